The summed E-state index contributed by atoms with van der Waals surface area (Å²) in [5, 5.41) is 17.7. The van der Waals surface area contributed by atoms with Crippen LogP contribution in [0.5, 0.6) is 0 Å². The Bertz CT molecular complexity index is 688. The Morgan fingerprint density at radius 1 is 1.24 bits per heavy atom. The summed E-state index contributed by atoms with van der Waals surface area (Å²) in [7, 11) is 0. The molecule has 1 saturated heterocycles. The molecule has 4 rings (SSSR count). The lowest BCUT2D eigenvalue weighted by Crippen LogP contribution is -2.20. The van der Waals surface area contributed by atoms with Gasteiger partial charge in [-0.25, -0.2) is 0 Å². The number of aromatic nitrogens is 3. The minimum atomic E-state index is 0.278. The summed E-state index contributed by atoms with van der Waals surface area (Å²) < 4.78 is 2.99. The van der Waals surface area contributed by atoms with Crippen LogP contribution < -0.4 is 5.32 Å². The molecule has 7 heteroatoms. The van der Waals surface area contributed by atoms with E-state index in [1.165, 1.54) is 6.42 Å². The fraction of sp³-hybridized carbons (Fsp3) is 0.357. The van der Waals surface area contributed by atoms with Gasteiger partial charge in [-0.05, 0) is 37.1 Å². The lowest BCUT2D eigenvalue weighted by molar-refractivity contribution is 0.562. The highest BCUT2D eigenvalue weighted by Gasteiger charge is 2.26. The molecule has 0 saturated carbocycles. The first-order valence-electron chi connectivity index (χ1n) is 6.96. The van der Waals surface area contributed by atoms with Gasteiger partial charge >= 0.3 is 0 Å². The van der Waals surface area contributed by atoms with Gasteiger partial charge in [0.2, 0.25) is 5.16 Å². The van der Waals surface area contributed by atoms with Crippen LogP contribution in [0.3, 0.4) is 0 Å². The SMILES string of the molecule is Brc1ccc(C2=Nn3c(nnc3C3CCCN3)SC2)cc1. The van der Waals surface area contributed by atoms with Crippen molar-refractivity contribution in [2.45, 2.75) is 24.0 Å². The normalized spacial score (nSPS) is 21.2. The number of hydrogen-bond acceptors (Lipinski definition) is 5. The Balaban J connectivity index is 1.72. The quantitative estimate of drug-likeness (QED) is 0.891. The Labute approximate surface area is 135 Å². The Kier molecular flexibility index (Phi) is 3.56. The third-order valence-corrected chi connectivity index (χ3v) is 5.20. The first kappa shape index (κ1) is 13.5. The number of nitrogens with one attached hydrogen (secondary N) is 1. The van der Waals surface area contributed by atoms with Crippen LogP contribution in [0.1, 0.15) is 30.3 Å². The van der Waals surface area contributed by atoms with Gasteiger partial charge in [0, 0.05) is 10.2 Å². The topological polar surface area (TPSA) is 55.1 Å². The number of hydrogen-bond donors (Lipinski definition) is 1. The van der Waals surface area contributed by atoms with Gasteiger partial charge in [0.1, 0.15) is 0 Å². The lowest BCUT2D eigenvalue weighted by atomic mass is 10.1. The number of halogens is 1. The van der Waals surface area contributed by atoms with Crippen LogP contribution in [0, 0.1) is 0 Å². The molecule has 21 heavy (non-hydrogen) atoms. The molecular formula is C14H14BrN5S. The monoisotopic (exact) mass is 363 g/mol. The van der Waals surface area contributed by atoms with Gasteiger partial charge < -0.3 is 5.32 Å². The Morgan fingerprint density at radius 2 is 2.10 bits per heavy atom. The van der Waals surface area contributed by atoms with Crippen LogP contribution in [-0.2, 0) is 0 Å². The maximum atomic E-state index is 4.78. The molecule has 0 spiro atoms. The molecule has 1 aromatic heterocycles. The molecular weight excluding hydrogens is 350 g/mol. The van der Waals surface area contributed by atoms with Crippen LogP contribution >= 0.6 is 27.7 Å². The van der Waals surface area contributed by atoms with Crippen LogP contribution in [0.15, 0.2) is 39.0 Å². The molecule has 0 bridgehead atoms. The van der Waals surface area contributed by atoms with E-state index in [9.17, 15) is 0 Å². The van der Waals surface area contributed by atoms with E-state index in [4.69, 9.17) is 5.10 Å². The number of thioether (sulfide) groups is 1. The zero-order valence-electron chi connectivity index (χ0n) is 11.3. The smallest absolute Gasteiger partial charge is 0.212 e. The maximum absolute atomic E-state index is 4.78. The zero-order chi connectivity index (χ0) is 14.2. The largest absolute Gasteiger partial charge is 0.307 e. The van der Waals surface area contributed by atoms with Crippen molar-refractivity contribution < 1.29 is 0 Å². The van der Waals surface area contributed by atoms with Crippen molar-refractivity contribution in [3.05, 3.63) is 40.1 Å². The van der Waals surface area contributed by atoms with Gasteiger partial charge in [-0.2, -0.15) is 9.78 Å². The number of nitrogens with zero attached hydrogens (tertiary/aromatic N) is 4. The minimum Gasteiger partial charge on any atom is -0.307 e. The van der Waals surface area contributed by atoms with Crippen LogP contribution in [-0.4, -0.2) is 32.9 Å². The minimum absolute atomic E-state index is 0.278. The van der Waals surface area contributed by atoms with Crippen LogP contribution in [0.4, 0.5) is 0 Å². The lowest BCUT2D eigenvalue weighted by Gasteiger charge is -2.16. The molecule has 0 aliphatic carbocycles. The van der Waals surface area contributed by atoms with E-state index < -0.39 is 0 Å². The van der Waals surface area contributed by atoms with Crippen molar-refractivity contribution in [2.24, 2.45) is 5.10 Å². The van der Waals surface area contributed by atoms with Crippen LogP contribution in [0.25, 0.3) is 0 Å². The third kappa shape index (κ3) is 2.54. The van der Waals surface area contributed by atoms with Crippen molar-refractivity contribution >= 4 is 33.4 Å². The molecule has 3 heterocycles. The van der Waals surface area contributed by atoms with Gasteiger partial charge in [-0.3, -0.25) is 0 Å². The van der Waals surface area contributed by atoms with Crippen molar-refractivity contribution in [3.63, 3.8) is 0 Å². The number of benzene rings is 1. The molecule has 1 fully saturated rings. The van der Waals surface area contributed by atoms with Gasteiger partial charge in [0.05, 0.1) is 11.8 Å². The predicted molar refractivity (Wildman–Crippen MR) is 86.8 cm³/mol. The highest BCUT2D eigenvalue weighted by atomic mass is 79.9. The molecule has 1 N–H and O–H groups in total. The summed E-state index contributed by atoms with van der Waals surface area (Å²) in [6, 6.07) is 8.55. The van der Waals surface area contributed by atoms with Crippen LogP contribution in [0.2, 0.25) is 0 Å². The molecule has 2 aromatic rings. The van der Waals surface area contributed by atoms with E-state index in [2.05, 4.69) is 43.6 Å². The Morgan fingerprint density at radius 3 is 2.86 bits per heavy atom. The van der Waals surface area contributed by atoms with Crippen molar-refractivity contribution in [1.29, 1.82) is 0 Å². The van der Waals surface area contributed by atoms with E-state index in [1.54, 1.807) is 11.8 Å². The van der Waals surface area contributed by atoms with E-state index in [0.29, 0.717) is 0 Å². The van der Waals surface area contributed by atoms with E-state index >= 15 is 0 Å². The maximum Gasteiger partial charge on any atom is 0.212 e. The summed E-state index contributed by atoms with van der Waals surface area (Å²) >= 11 is 5.16. The second kappa shape index (κ2) is 5.55. The summed E-state index contributed by atoms with van der Waals surface area (Å²) in [5.74, 6) is 1.77. The molecule has 1 unspecified atom stereocenters. The fourth-order valence-corrected chi connectivity index (χ4v) is 3.76. The van der Waals surface area contributed by atoms with E-state index in [0.717, 1.165) is 45.4 Å². The summed E-state index contributed by atoms with van der Waals surface area (Å²) in [6.45, 7) is 1.04. The summed E-state index contributed by atoms with van der Waals surface area (Å²) in [6.07, 6.45) is 2.29. The molecule has 1 aromatic carbocycles. The molecule has 0 radical (unpaired) electrons. The second-order valence-corrected chi connectivity index (χ2v) is 7.00. The zero-order valence-corrected chi connectivity index (χ0v) is 13.7. The highest BCUT2D eigenvalue weighted by Crippen LogP contribution is 2.29. The molecule has 0 amide bonds. The average Bonchev–Trinajstić information content (AvgIpc) is 3.16. The summed E-state index contributed by atoms with van der Waals surface area (Å²) in [4.78, 5) is 0. The van der Waals surface area contributed by atoms with E-state index in [-0.39, 0.29) is 6.04 Å². The first-order valence-corrected chi connectivity index (χ1v) is 8.74. The van der Waals surface area contributed by atoms with Gasteiger partial charge in [-0.15, -0.1) is 10.2 Å². The van der Waals surface area contributed by atoms with E-state index in [1.807, 2.05) is 16.8 Å². The molecule has 5 nitrogen and oxygen atoms in total. The standard InChI is InChI=1S/C14H14BrN5S/c15-10-5-3-9(4-6-10)12-8-21-14-18-17-13(20(14)19-12)11-2-1-7-16-11/h3-6,11,16H,1-2,7-8H2. The molecule has 2 aliphatic rings. The first-order chi connectivity index (χ1) is 10.3. The fourth-order valence-electron chi connectivity index (χ4n) is 2.65. The highest BCUT2D eigenvalue weighted by molar-refractivity contribution is 9.10. The second-order valence-electron chi connectivity index (χ2n) is 5.14. The number of fused-ring (bicyclic) bond motifs is 1. The average molecular weight is 364 g/mol. The molecule has 2 aliphatic heterocycles. The Hall–Kier alpha value is -1.18. The third-order valence-electron chi connectivity index (χ3n) is 3.74. The van der Waals surface area contributed by atoms with Crippen molar-refractivity contribution in [2.75, 3.05) is 12.3 Å². The predicted octanol–water partition coefficient (Wildman–Crippen LogP) is 2.82. The van der Waals surface area contributed by atoms with Gasteiger partial charge in [0.15, 0.2) is 5.82 Å². The molecule has 108 valence electrons. The number of rotatable bonds is 2. The van der Waals surface area contributed by atoms with Crippen molar-refractivity contribution in [3.8, 4) is 0 Å². The molecule has 1 atom stereocenters. The van der Waals surface area contributed by atoms with Gasteiger partial charge in [-0.1, -0.05) is 39.8 Å². The van der Waals surface area contributed by atoms with Crippen molar-refractivity contribution in [1.82, 2.24) is 20.2 Å². The van der Waals surface area contributed by atoms with Gasteiger partial charge in [0.25, 0.3) is 0 Å². The summed E-state index contributed by atoms with van der Waals surface area (Å²) in [5.41, 5.74) is 2.22.